The summed E-state index contributed by atoms with van der Waals surface area (Å²) in [7, 11) is 0. The minimum Gasteiger partial charge on any atom is -0.382 e. The van der Waals surface area contributed by atoms with E-state index < -0.39 is 36.5 Å². The van der Waals surface area contributed by atoms with Crippen LogP contribution >= 0.6 is 0 Å². The number of aliphatic hydroxyl groups excluding tert-OH is 1. The van der Waals surface area contributed by atoms with Crippen LogP contribution in [-0.4, -0.2) is 23.9 Å². The number of nitrogens with one attached hydrogen (secondary N) is 1. The second-order valence-corrected chi connectivity index (χ2v) is 3.83. The van der Waals surface area contributed by atoms with E-state index in [0.717, 1.165) is 6.07 Å². The Balaban J connectivity index is 2.66. The zero-order valence-corrected chi connectivity index (χ0v) is 9.43. The quantitative estimate of drug-likeness (QED) is 0.823. The summed E-state index contributed by atoms with van der Waals surface area (Å²) >= 11 is 0. The number of hydrogen-bond donors (Lipinski definition) is 2. The van der Waals surface area contributed by atoms with Gasteiger partial charge in [0.15, 0.2) is 17.7 Å². The van der Waals surface area contributed by atoms with Crippen LogP contribution in [0.5, 0.6) is 0 Å². The van der Waals surface area contributed by atoms with Crippen molar-refractivity contribution in [3.63, 3.8) is 0 Å². The van der Waals surface area contributed by atoms with Gasteiger partial charge in [0.1, 0.15) is 0 Å². The normalized spacial score (nSPS) is 15.5. The van der Waals surface area contributed by atoms with Gasteiger partial charge in [-0.15, -0.1) is 0 Å². The highest BCUT2D eigenvalue weighted by atomic mass is 19.4. The molecule has 1 rings (SSSR count). The van der Waals surface area contributed by atoms with Gasteiger partial charge in [-0.3, -0.25) is 0 Å². The molecule has 1 aromatic rings. The molecule has 0 aromatic heterocycles. The Bertz CT molecular complexity index is 407. The average molecular weight is 269 g/mol. The van der Waals surface area contributed by atoms with E-state index in [0.29, 0.717) is 0 Å². The highest BCUT2D eigenvalue weighted by Gasteiger charge is 2.38. The van der Waals surface area contributed by atoms with Gasteiger partial charge in [-0.2, -0.15) is 13.2 Å². The number of alkyl halides is 3. The molecule has 2 N–H and O–H groups in total. The summed E-state index contributed by atoms with van der Waals surface area (Å²) < 4.78 is 62.3. The van der Waals surface area contributed by atoms with E-state index in [1.165, 1.54) is 19.1 Å². The van der Waals surface area contributed by atoms with Gasteiger partial charge in [0, 0.05) is 18.2 Å². The van der Waals surface area contributed by atoms with E-state index in [4.69, 9.17) is 5.11 Å². The van der Waals surface area contributed by atoms with E-state index in [2.05, 4.69) is 5.32 Å². The van der Waals surface area contributed by atoms with Gasteiger partial charge < -0.3 is 10.4 Å². The summed E-state index contributed by atoms with van der Waals surface area (Å²) in [4.78, 5) is 0. The van der Waals surface area contributed by atoms with Crippen molar-refractivity contribution >= 4 is 0 Å². The molecule has 7 heteroatoms. The van der Waals surface area contributed by atoms with E-state index >= 15 is 0 Å². The fraction of sp³-hybridized carbons (Fsp3) is 0.455. The van der Waals surface area contributed by atoms with E-state index in [-0.39, 0.29) is 5.56 Å². The minimum atomic E-state index is -4.74. The third kappa shape index (κ3) is 3.64. The van der Waals surface area contributed by atoms with Crippen molar-refractivity contribution in [2.75, 3.05) is 6.54 Å². The molecule has 2 unspecified atom stereocenters. The van der Waals surface area contributed by atoms with Gasteiger partial charge in [0.2, 0.25) is 0 Å². The zero-order chi connectivity index (χ0) is 13.9. The fourth-order valence-corrected chi connectivity index (χ4v) is 1.37. The van der Waals surface area contributed by atoms with Gasteiger partial charge in [0.25, 0.3) is 0 Å². The first-order valence-corrected chi connectivity index (χ1v) is 5.15. The summed E-state index contributed by atoms with van der Waals surface area (Å²) in [6, 6.07) is 2.58. The molecule has 1 aromatic carbocycles. The van der Waals surface area contributed by atoms with E-state index in [9.17, 15) is 22.0 Å². The maximum atomic E-state index is 13.3. The summed E-state index contributed by atoms with van der Waals surface area (Å²) in [6.45, 7) is 0.585. The van der Waals surface area contributed by atoms with Gasteiger partial charge in [-0.05, 0) is 13.0 Å². The largest absolute Gasteiger partial charge is 0.415 e. The van der Waals surface area contributed by atoms with Crippen molar-refractivity contribution < 1.29 is 27.1 Å². The van der Waals surface area contributed by atoms with Crippen LogP contribution in [0.2, 0.25) is 0 Å². The number of rotatable bonds is 4. The molecule has 0 fully saturated rings. The van der Waals surface area contributed by atoms with Gasteiger partial charge in [-0.25, -0.2) is 8.78 Å². The summed E-state index contributed by atoms with van der Waals surface area (Å²) in [6.07, 6.45) is -7.29. The molecule has 0 spiro atoms. The Hall–Kier alpha value is -1.21. The topological polar surface area (TPSA) is 32.3 Å². The fourth-order valence-electron chi connectivity index (χ4n) is 1.37. The average Bonchev–Trinajstić information content (AvgIpc) is 2.27. The highest BCUT2D eigenvalue weighted by molar-refractivity contribution is 5.21. The molecule has 0 aliphatic heterocycles. The zero-order valence-electron chi connectivity index (χ0n) is 9.43. The Morgan fingerprint density at radius 1 is 1.28 bits per heavy atom. The first kappa shape index (κ1) is 14.8. The van der Waals surface area contributed by atoms with Crippen molar-refractivity contribution in [3.05, 3.63) is 35.4 Å². The van der Waals surface area contributed by atoms with Crippen molar-refractivity contribution in [2.45, 2.75) is 25.2 Å². The number of benzene rings is 1. The monoisotopic (exact) mass is 269 g/mol. The molecule has 0 aliphatic carbocycles. The Morgan fingerprint density at radius 2 is 1.89 bits per heavy atom. The molecule has 0 radical (unpaired) electrons. The van der Waals surface area contributed by atoms with Crippen molar-refractivity contribution in [3.8, 4) is 0 Å². The SMILES string of the molecule is CC(NCC(O)C(F)(F)F)c1cccc(F)c1F. The van der Waals surface area contributed by atoms with Crippen LogP contribution in [0.25, 0.3) is 0 Å². The van der Waals surface area contributed by atoms with Crippen LogP contribution in [-0.2, 0) is 0 Å². The highest BCUT2D eigenvalue weighted by Crippen LogP contribution is 2.22. The Kier molecular flexibility index (Phi) is 4.64. The summed E-state index contributed by atoms with van der Waals surface area (Å²) in [5, 5.41) is 11.0. The molecule has 0 aliphatic rings. The molecule has 0 amide bonds. The van der Waals surface area contributed by atoms with Crippen molar-refractivity contribution in [2.24, 2.45) is 0 Å². The van der Waals surface area contributed by atoms with Crippen LogP contribution in [0.1, 0.15) is 18.5 Å². The van der Waals surface area contributed by atoms with Crippen LogP contribution in [0.3, 0.4) is 0 Å². The molecule has 2 nitrogen and oxygen atoms in total. The molecular formula is C11H12F5NO. The lowest BCUT2D eigenvalue weighted by Crippen LogP contribution is -2.39. The summed E-state index contributed by atoms with van der Waals surface area (Å²) in [5.74, 6) is -2.18. The first-order chi connectivity index (χ1) is 8.23. The number of aliphatic hydroxyl groups is 1. The molecule has 0 saturated heterocycles. The maximum Gasteiger partial charge on any atom is 0.415 e. The Labute approximate surface area is 100 Å². The first-order valence-electron chi connectivity index (χ1n) is 5.15. The Morgan fingerprint density at radius 3 is 2.44 bits per heavy atom. The second-order valence-electron chi connectivity index (χ2n) is 3.83. The lowest BCUT2D eigenvalue weighted by molar-refractivity contribution is -0.202. The molecule has 0 saturated carbocycles. The van der Waals surface area contributed by atoms with Crippen LogP contribution in [0.4, 0.5) is 22.0 Å². The van der Waals surface area contributed by atoms with Crippen LogP contribution in [0, 0.1) is 11.6 Å². The molecule has 0 heterocycles. The predicted octanol–water partition coefficient (Wildman–Crippen LogP) is 2.54. The standard InChI is InChI=1S/C11H12F5NO/c1-6(17-5-9(18)11(14,15)16)7-3-2-4-8(12)10(7)13/h2-4,6,9,17-18H,5H2,1H3. The van der Waals surface area contributed by atoms with Gasteiger partial charge in [-0.1, -0.05) is 12.1 Å². The van der Waals surface area contributed by atoms with Crippen molar-refractivity contribution in [1.82, 2.24) is 5.32 Å². The van der Waals surface area contributed by atoms with Crippen molar-refractivity contribution in [1.29, 1.82) is 0 Å². The van der Waals surface area contributed by atoms with E-state index in [1.54, 1.807) is 0 Å². The maximum absolute atomic E-state index is 13.3. The molecule has 102 valence electrons. The third-order valence-corrected chi connectivity index (χ3v) is 2.44. The van der Waals surface area contributed by atoms with Crippen LogP contribution < -0.4 is 5.32 Å². The molecule has 18 heavy (non-hydrogen) atoms. The van der Waals surface area contributed by atoms with Crippen LogP contribution in [0.15, 0.2) is 18.2 Å². The third-order valence-electron chi connectivity index (χ3n) is 2.44. The lowest BCUT2D eigenvalue weighted by Gasteiger charge is -2.19. The van der Waals surface area contributed by atoms with Gasteiger partial charge >= 0.3 is 6.18 Å². The smallest absolute Gasteiger partial charge is 0.382 e. The molecule has 0 bridgehead atoms. The second kappa shape index (κ2) is 5.62. The van der Waals surface area contributed by atoms with E-state index in [1.807, 2.05) is 0 Å². The lowest BCUT2D eigenvalue weighted by atomic mass is 10.1. The number of hydrogen-bond acceptors (Lipinski definition) is 2. The summed E-state index contributed by atoms with van der Waals surface area (Å²) in [5.41, 5.74) is -0.0932. The predicted molar refractivity (Wildman–Crippen MR) is 54.8 cm³/mol. The van der Waals surface area contributed by atoms with Gasteiger partial charge in [0.05, 0.1) is 0 Å². The number of halogens is 5. The molecular weight excluding hydrogens is 257 g/mol. The minimum absolute atomic E-state index is 0.0932. The molecule has 2 atom stereocenters.